The molecule has 2 aromatic rings. The maximum Gasteiger partial charge on any atom is 0.255 e. The molecule has 0 saturated carbocycles. The Kier molecular flexibility index (Phi) is 4.76. The first-order chi connectivity index (χ1) is 11.6. The van der Waals surface area contributed by atoms with Crippen molar-refractivity contribution in [1.82, 2.24) is 9.88 Å². The molecule has 7 heteroatoms. The smallest absolute Gasteiger partial charge is 0.255 e. The van der Waals surface area contributed by atoms with Crippen LogP contribution in [0.3, 0.4) is 0 Å². The van der Waals surface area contributed by atoms with Gasteiger partial charge in [-0.15, -0.1) is 0 Å². The molecule has 0 atom stereocenters. The number of hydrogen-bond acceptors (Lipinski definition) is 4. The van der Waals surface area contributed by atoms with Crippen LogP contribution in [0.1, 0.15) is 15.9 Å². The highest BCUT2D eigenvalue weighted by atomic mass is 79.9. The number of amides is 1. The standard InChI is InChI=1S/C17H14BrFN4O/c18-15-10-13(19)3-4-14(15)17(24)23-8-6-22(7-9-23)16-12(11-20)2-1-5-21-16/h1-5,10H,6-9H2. The van der Waals surface area contributed by atoms with Gasteiger partial charge in [-0.3, -0.25) is 4.79 Å². The molecular formula is C17H14BrFN4O. The SMILES string of the molecule is N#Cc1cccnc1N1CCN(C(=O)c2ccc(F)cc2Br)CC1. The third-order valence-corrected chi connectivity index (χ3v) is 4.59. The van der Waals surface area contributed by atoms with Crippen molar-refractivity contribution in [3.63, 3.8) is 0 Å². The zero-order chi connectivity index (χ0) is 17.1. The van der Waals surface area contributed by atoms with Gasteiger partial charge in [-0.2, -0.15) is 5.26 Å². The predicted octanol–water partition coefficient (Wildman–Crippen LogP) is 2.82. The van der Waals surface area contributed by atoms with Gasteiger partial charge in [0.1, 0.15) is 17.7 Å². The molecule has 1 fully saturated rings. The van der Waals surface area contributed by atoms with E-state index >= 15 is 0 Å². The third kappa shape index (κ3) is 3.24. The number of piperazine rings is 1. The molecule has 1 amide bonds. The summed E-state index contributed by atoms with van der Waals surface area (Å²) in [6.45, 7) is 2.22. The lowest BCUT2D eigenvalue weighted by Gasteiger charge is -2.35. The van der Waals surface area contributed by atoms with Gasteiger partial charge in [0.25, 0.3) is 5.91 Å². The van der Waals surface area contributed by atoms with Crippen LogP contribution in [0.2, 0.25) is 0 Å². The molecule has 122 valence electrons. The monoisotopic (exact) mass is 388 g/mol. The molecule has 3 rings (SSSR count). The Morgan fingerprint density at radius 2 is 2.00 bits per heavy atom. The van der Waals surface area contributed by atoms with Crippen LogP contribution < -0.4 is 4.90 Å². The zero-order valence-electron chi connectivity index (χ0n) is 12.7. The Morgan fingerprint density at radius 3 is 2.67 bits per heavy atom. The number of benzene rings is 1. The molecule has 0 radical (unpaired) electrons. The number of hydrogen-bond donors (Lipinski definition) is 0. The van der Waals surface area contributed by atoms with Crippen molar-refractivity contribution in [2.75, 3.05) is 31.1 Å². The van der Waals surface area contributed by atoms with Crippen LogP contribution in [-0.4, -0.2) is 42.0 Å². The van der Waals surface area contributed by atoms with Crippen LogP contribution in [-0.2, 0) is 0 Å². The van der Waals surface area contributed by atoms with Crippen LogP contribution in [0.5, 0.6) is 0 Å². The van der Waals surface area contributed by atoms with E-state index in [0.29, 0.717) is 47.6 Å². The van der Waals surface area contributed by atoms with Gasteiger partial charge in [-0.05, 0) is 46.3 Å². The summed E-state index contributed by atoms with van der Waals surface area (Å²) >= 11 is 3.24. The van der Waals surface area contributed by atoms with Crippen molar-refractivity contribution in [3.8, 4) is 6.07 Å². The molecule has 1 aliphatic rings. The summed E-state index contributed by atoms with van der Waals surface area (Å²) in [6, 6.07) is 9.65. The fourth-order valence-electron chi connectivity index (χ4n) is 2.69. The first-order valence-electron chi connectivity index (χ1n) is 7.44. The average Bonchev–Trinajstić information content (AvgIpc) is 2.61. The summed E-state index contributed by atoms with van der Waals surface area (Å²) in [4.78, 5) is 20.6. The van der Waals surface area contributed by atoms with E-state index in [4.69, 9.17) is 0 Å². The van der Waals surface area contributed by atoms with Gasteiger partial charge >= 0.3 is 0 Å². The maximum atomic E-state index is 13.2. The predicted molar refractivity (Wildman–Crippen MR) is 91.2 cm³/mol. The van der Waals surface area contributed by atoms with E-state index in [-0.39, 0.29) is 11.7 Å². The lowest BCUT2D eigenvalue weighted by atomic mass is 10.1. The van der Waals surface area contributed by atoms with Gasteiger partial charge < -0.3 is 9.80 Å². The zero-order valence-corrected chi connectivity index (χ0v) is 14.3. The quantitative estimate of drug-likeness (QED) is 0.793. The second-order valence-electron chi connectivity index (χ2n) is 5.39. The third-order valence-electron chi connectivity index (χ3n) is 3.94. The Labute approximate surface area is 147 Å². The fourth-order valence-corrected chi connectivity index (χ4v) is 3.21. The highest BCUT2D eigenvalue weighted by Crippen LogP contribution is 2.22. The molecule has 1 aliphatic heterocycles. The van der Waals surface area contributed by atoms with Crippen molar-refractivity contribution >= 4 is 27.7 Å². The summed E-state index contributed by atoms with van der Waals surface area (Å²) in [5.41, 5.74) is 0.971. The largest absolute Gasteiger partial charge is 0.352 e. The van der Waals surface area contributed by atoms with Gasteiger partial charge in [-0.25, -0.2) is 9.37 Å². The van der Waals surface area contributed by atoms with Crippen molar-refractivity contribution in [2.24, 2.45) is 0 Å². The molecule has 2 heterocycles. The number of rotatable bonds is 2. The van der Waals surface area contributed by atoms with Gasteiger partial charge in [0.05, 0.1) is 11.1 Å². The molecule has 0 N–H and O–H groups in total. The molecule has 1 aromatic heterocycles. The number of pyridine rings is 1. The lowest BCUT2D eigenvalue weighted by Crippen LogP contribution is -2.49. The summed E-state index contributed by atoms with van der Waals surface area (Å²) in [5, 5.41) is 9.17. The van der Waals surface area contributed by atoms with Gasteiger partial charge in [0, 0.05) is 36.8 Å². The number of nitrogens with zero attached hydrogens (tertiary/aromatic N) is 4. The van der Waals surface area contributed by atoms with Crippen LogP contribution in [0, 0.1) is 17.1 Å². The minimum Gasteiger partial charge on any atom is -0.352 e. The highest BCUT2D eigenvalue weighted by Gasteiger charge is 2.25. The Bertz CT molecular complexity index is 812. The van der Waals surface area contributed by atoms with E-state index in [1.165, 1.54) is 18.2 Å². The number of aromatic nitrogens is 1. The maximum absolute atomic E-state index is 13.2. The summed E-state index contributed by atoms with van der Waals surface area (Å²) in [7, 11) is 0. The number of carbonyl (C=O) groups is 1. The van der Waals surface area contributed by atoms with Gasteiger partial charge in [0.2, 0.25) is 0 Å². The first kappa shape index (κ1) is 16.4. The van der Waals surface area contributed by atoms with E-state index in [2.05, 4.69) is 27.0 Å². The van der Waals surface area contributed by atoms with Crippen molar-refractivity contribution in [2.45, 2.75) is 0 Å². The van der Waals surface area contributed by atoms with E-state index in [1.54, 1.807) is 23.2 Å². The summed E-state index contributed by atoms with van der Waals surface area (Å²) < 4.78 is 13.6. The molecule has 0 bridgehead atoms. The highest BCUT2D eigenvalue weighted by molar-refractivity contribution is 9.10. The molecule has 0 unspecified atom stereocenters. The Hall–Kier alpha value is -2.46. The van der Waals surface area contributed by atoms with E-state index in [0.717, 1.165) is 0 Å². The van der Waals surface area contributed by atoms with Crippen molar-refractivity contribution in [3.05, 3.63) is 57.9 Å². The molecular weight excluding hydrogens is 375 g/mol. The molecule has 24 heavy (non-hydrogen) atoms. The number of nitriles is 1. The average molecular weight is 389 g/mol. The fraction of sp³-hybridized carbons (Fsp3) is 0.235. The van der Waals surface area contributed by atoms with Crippen molar-refractivity contribution < 1.29 is 9.18 Å². The molecule has 1 saturated heterocycles. The molecule has 0 spiro atoms. The summed E-state index contributed by atoms with van der Waals surface area (Å²) in [6.07, 6.45) is 1.66. The van der Waals surface area contributed by atoms with Gasteiger partial charge in [0.15, 0.2) is 0 Å². The van der Waals surface area contributed by atoms with E-state index in [9.17, 15) is 14.4 Å². The van der Waals surface area contributed by atoms with Crippen LogP contribution in [0.15, 0.2) is 41.0 Å². The van der Waals surface area contributed by atoms with Crippen molar-refractivity contribution in [1.29, 1.82) is 5.26 Å². The second kappa shape index (κ2) is 6.97. The second-order valence-corrected chi connectivity index (χ2v) is 6.24. The number of anilines is 1. The molecule has 0 aliphatic carbocycles. The first-order valence-corrected chi connectivity index (χ1v) is 8.24. The minimum absolute atomic E-state index is 0.136. The van der Waals surface area contributed by atoms with Crippen LogP contribution in [0.25, 0.3) is 0 Å². The molecule has 5 nitrogen and oxygen atoms in total. The van der Waals surface area contributed by atoms with E-state index < -0.39 is 0 Å². The lowest BCUT2D eigenvalue weighted by molar-refractivity contribution is 0.0745. The Balaban J connectivity index is 1.71. The minimum atomic E-state index is -0.387. The van der Waals surface area contributed by atoms with Crippen LogP contribution >= 0.6 is 15.9 Å². The van der Waals surface area contributed by atoms with Crippen LogP contribution in [0.4, 0.5) is 10.2 Å². The Morgan fingerprint density at radius 1 is 1.25 bits per heavy atom. The van der Waals surface area contributed by atoms with Gasteiger partial charge in [-0.1, -0.05) is 0 Å². The number of halogens is 2. The number of carbonyl (C=O) groups excluding carboxylic acids is 1. The normalized spacial score (nSPS) is 14.4. The summed E-state index contributed by atoms with van der Waals surface area (Å²) in [5.74, 6) is 0.126. The topological polar surface area (TPSA) is 60.2 Å². The van der Waals surface area contributed by atoms with E-state index in [1.807, 2.05) is 4.90 Å². The molecule has 1 aromatic carbocycles.